The highest BCUT2D eigenvalue weighted by Crippen LogP contribution is 1.94. The van der Waals surface area contributed by atoms with Crippen LogP contribution in [-0.2, 0) is 0 Å². The smallest absolute Gasteiger partial charge is 0.0871 e. The van der Waals surface area contributed by atoms with E-state index >= 15 is 0 Å². The maximum Gasteiger partial charge on any atom is 0.0871 e. The molecule has 2 rings (SSSR count). The van der Waals surface area contributed by atoms with Gasteiger partial charge in [-0.25, -0.2) is 4.52 Å². The molecular weight excluding hydrogens is 114 g/mol. The standard InChI is InChI=1S/C6H4N3/c1-2-4-9-6(3-1)5-7-8-9/h2-5H. The molecule has 0 spiro atoms. The maximum atomic E-state index is 3.77. The van der Waals surface area contributed by atoms with Crippen LogP contribution in [0, 0.1) is 6.07 Å². The van der Waals surface area contributed by atoms with E-state index in [1.165, 1.54) is 0 Å². The van der Waals surface area contributed by atoms with Gasteiger partial charge in [0.25, 0.3) is 0 Å². The molecule has 2 aromatic rings. The average Bonchev–Trinajstić information content (AvgIpc) is 2.33. The minimum Gasteiger partial charge on any atom is -0.221 e. The zero-order valence-corrected chi connectivity index (χ0v) is 4.65. The van der Waals surface area contributed by atoms with Gasteiger partial charge in [-0.05, 0) is 18.2 Å². The Morgan fingerprint density at radius 1 is 1.56 bits per heavy atom. The number of hydrogen-bond donors (Lipinski definition) is 0. The van der Waals surface area contributed by atoms with Crippen molar-refractivity contribution in [3.05, 3.63) is 30.6 Å². The van der Waals surface area contributed by atoms with Crippen LogP contribution in [0.5, 0.6) is 0 Å². The highest BCUT2D eigenvalue weighted by atomic mass is 15.4. The van der Waals surface area contributed by atoms with Crippen LogP contribution in [0.2, 0.25) is 0 Å². The van der Waals surface area contributed by atoms with Gasteiger partial charge in [0.1, 0.15) is 0 Å². The molecule has 0 fully saturated rings. The lowest BCUT2D eigenvalue weighted by atomic mass is 10.4. The maximum absolute atomic E-state index is 3.77. The third kappa shape index (κ3) is 0.579. The van der Waals surface area contributed by atoms with Crippen LogP contribution < -0.4 is 0 Å². The molecule has 1 radical (unpaired) electrons. The van der Waals surface area contributed by atoms with E-state index in [2.05, 4.69) is 16.4 Å². The van der Waals surface area contributed by atoms with E-state index in [1.54, 1.807) is 16.8 Å². The molecule has 0 unspecified atom stereocenters. The fourth-order valence-electron chi connectivity index (χ4n) is 0.718. The Hall–Kier alpha value is -1.38. The van der Waals surface area contributed by atoms with E-state index in [1.807, 2.05) is 12.3 Å². The van der Waals surface area contributed by atoms with Crippen molar-refractivity contribution in [1.82, 2.24) is 14.8 Å². The summed E-state index contributed by atoms with van der Waals surface area (Å²) in [7, 11) is 0. The van der Waals surface area contributed by atoms with Crippen molar-refractivity contribution in [2.75, 3.05) is 0 Å². The van der Waals surface area contributed by atoms with Crippen molar-refractivity contribution in [1.29, 1.82) is 0 Å². The van der Waals surface area contributed by atoms with Crippen LogP contribution in [0.25, 0.3) is 5.52 Å². The largest absolute Gasteiger partial charge is 0.221 e. The van der Waals surface area contributed by atoms with E-state index in [4.69, 9.17) is 0 Å². The number of hydrogen-bond acceptors (Lipinski definition) is 2. The normalized spacial score (nSPS) is 10.2. The molecule has 0 saturated heterocycles. The van der Waals surface area contributed by atoms with Gasteiger partial charge in [0.2, 0.25) is 0 Å². The van der Waals surface area contributed by atoms with Crippen molar-refractivity contribution < 1.29 is 0 Å². The van der Waals surface area contributed by atoms with Gasteiger partial charge >= 0.3 is 0 Å². The van der Waals surface area contributed by atoms with Crippen LogP contribution >= 0.6 is 0 Å². The van der Waals surface area contributed by atoms with Gasteiger partial charge in [0.15, 0.2) is 0 Å². The first-order valence-corrected chi connectivity index (χ1v) is 2.63. The first-order chi connectivity index (χ1) is 4.47. The second-order valence-corrected chi connectivity index (χ2v) is 1.73. The van der Waals surface area contributed by atoms with Crippen LogP contribution in [-0.4, -0.2) is 14.8 Å². The summed E-state index contributed by atoms with van der Waals surface area (Å²) < 4.78 is 1.69. The van der Waals surface area contributed by atoms with Gasteiger partial charge < -0.3 is 0 Å². The lowest BCUT2D eigenvalue weighted by Gasteiger charge is -1.83. The molecular formula is C6H4N3. The first kappa shape index (κ1) is 4.49. The third-order valence-corrected chi connectivity index (χ3v) is 1.15. The van der Waals surface area contributed by atoms with E-state index in [0.717, 1.165) is 5.52 Å². The van der Waals surface area contributed by atoms with Crippen molar-refractivity contribution in [3.63, 3.8) is 0 Å². The highest BCUT2D eigenvalue weighted by Gasteiger charge is 1.87. The summed E-state index contributed by atoms with van der Waals surface area (Å²) in [6.07, 6.45) is 3.50. The van der Waals surface area contributed by atoms with Crippen molar-refractivity contribution >= 4 is 5.52 Å². The van der Waals surface area contributed by atoms with Crippen LogP contribution in [0.4, 0.5) is 0 Å². The van der Waals surface area contributed by atoms with Gasteiger partial charge in [-0.3, -0.25) is 0 Å². The molecule has 0 aliphatic heterocycles. The monoisotopic (exact) mass is 118 g/mol. The fourth-order valence-corrected chi connectivity index (χ4v) is 0.718. The molecule has 0 saturated carbocycles. The minimum atomic E-state index is 0.970. The molecule has 0 aliphatic carbocycles. The molecule has 2 aromatic heterocycles. The average molecular weight is 118 g/mol. The summed E-state index contributed by atoms with van der Waals surface area (Å²) in [6, 6.07) is 6.55. The molecule has 0 bridgehead atoms. The zero-order chi connectivity index (χ0) is 6.10. The summed E-state index contributed by atoms with van der Waals surface area (Å²) in [5, 5.41) is 7.46. The molecule has 0 atom stereocenters. The first-order valence-electron chi connectivity index (χ1n) is 2.63. The lowest BCUT2D eigenvalue weighted by molar-refractivity contribution is 0.855. The highest BCUT2D eigenvalue weighted by molar-refractivity contribution is 5.41. The Balaban J connectivity index is 2.95. The van der Waals surface area contributed by atoms with E-state index in [-0.39, 0.29) is 0 Å². The molecule has 43 valence electrons. The van der Waals surface area contributed by atoms with E-state index in [9.17, 15) is 0 Å². The second-order valence-electron chi connectivity index (χ2n) is 1.73. The van der Waals surface area contributed by atoms with Crippen molar-refractivity contribution in [3.8, 4) is 0 Å². The van der Waals surface area contributed by atoms with Gasteiger partial charge in [-0.1, -0.05) is 5.21 Å². The minimum absolute atomic E-state index is 0.970. The summed E-state index contributed by atoms with van der Waals surface area (Å²) >= 11 is 0. The topological polar surface area (TPSA) is 30.2 Å². The third-order valence-electron chi connectivity index (χ3n) is 1.15. The van der Waals surface area contributed by atoms with Gasteiger partial charge in [-0.2, -0.15) is 0 Å². The Bertz CT molecular complexity index is 282. The second kappa shape index (κ2) is 1.55. The van der Waals surface area contributed by atoms with E-state index < -0.39 is 0 Å². The van der Waals surface area contributed by atoms with Crippen LogP contribution in [0.3, 0.4) is 0 Å². The molecule has 3 heteroatoms. The van der Waals surface area contributed by atoms with Gasteiger partial charge in [-0.15, -0.1) is 5.10 Å². The van der Waals surface area contributed by atoms with E-state index in [0.29, 0.717) is 0 Å². The van der Waals surface area contributed by atoms with Crippen LogP contribution in [0.1, 0.15) is 0 Å². The summed E-state index contributed by atoms with van der Waals surface area (Å²) in [5.74, 6) is 0. The molecule has 0 amide bonds. The Kier molecular flexibility index (Phi) is 0.773. The Labute approximate surface area is 51.9 Å². The number of fused-ring (bicyclic) bond motifs is 1. The number of aromatic nitrogens is 3. The number of pyridine rings is 1. The Morgan fingerprint density at radius 2 is 2.56 bits per heavy atom. The predicted molar refractivity (Wildman–Crippen MR) is 31.8 cm³/mol. The number of nitrogens with zero attached hydrogens (tertiary/aromatic N) is 3. The molecule has 0 aliphatic rings. The summed E-state index contributed by atoms with van der Waals surface area (Å²) in [6.45, 7) is 0. The number of rotatable bonds is 0. The quantitative estimate of drug-likeness (QED) is 0.505. The molecule has 0 aromatic carbocycles. The van der Waals surface area contributed by atoms with Gasteiger partial charge in [0.05, 0.1) is 11.7 Å². The predicted octanol–water partition coefficient (Wildman–Crippen LogP) is 0.529. The fraction of sp³-hybridized carbons (Fsp3) is 0. The lowest BCUT2D eigenvalue weighted by Crippen LogP contribution is -1.83. The van der Waals surface area contributed by atoms with Crippen molar-refractivity contribution in [2.24, 2.45) is 0 Å². The molecule has 0 N–H and O–H groups in total. The SMILES string of the molecule is [c]1ccn2nncc2c1. The summed E-state index contributed by atoms with van der Waals surface area (Å²) in [4.78, 5) is 0. The van der Waals surface area contributed by atoms with Crippen molar-refractivity contribution in [2.45, 2.75) is 0 Å². The molecule has 3 nitrogen and oxygen atoms in total. The zero-order valence-electron chi connectivity index (χ0n) is 4.65. The van der Waals surface area contributed by atoms with Crippen LogP contribution in [0.15, 0.2) is 24.5 Å². The Morgan fingerprint density at radius 3 is 3.44 bits per heavy atom. The molecule has 2 heterocycles. The van der Waals surface area contributed by atoms with Gasteiger partial charge in [0, 0.05) is 6.20 Å². The summed E-state index contributed by atoms with van der Waals surface area (Å²) in [5.41, 5.74) is 0.970. The molecule has 9 heavy (non-hydrogen) atoms.